The van der Waals surface area contributed by atoms with E-state index in [1.165, 1.54) is 12.1 Å². The highest BCUT2D eigenvalue weighted by atomic mass is 32.2. The first-order valence-corrected chi connectivity index (χ1v) is 13.2. The molecule has 1 aliphatic heterocycles. The molecule has 1 fully saturated rings. The Balaban J connectivity index is 1.40. The third-order valence-corrected chi connectivity index (χ3v) is 7.19. The normalized spacial score (nSPS) is 16.0. The van der Waals surface area contributed by atoms with Crippen LogP contribution < -0.4 is 9.46 Å². The second-order valence-electron chi connectivity index (χ2n) is 8.40. The number of benzene rings is 3. The summed E-state index contributed by atoms with van der Waals surface area (Å²) in [5.74, 6) is 0.447. The van der Waals surface area contributed by atoms with Gasteiger partial charge in [-0.05, 0) is 67.8 Å². The topological polar surface area (TPSA) is 84.9 Å². The predicted molar refractivity (Wildman–Crippen MR) is 135 cm³/mol. The second kappa shape index (κ2) is 11.4. The van der Waals surface area contributed by atoms with Gasteiger partial charge in [-0.15, -0.1) is 0 Å². The van der Waals surface area contributed by atoms with Crippen LogP contribution in [0.25, 0.3) is 0 Å². The summed E-state index contributed by atoms with van der Waals surface area (Å²) in [7, 11) is -3.87. The van der Waals surface area contributed by atoms with Gasteiger partial charge in [0.15, 0.2) is 0 Å². The minimum absolute atomic E-state index is 0.0194. The highest BCUT2D eigenvalue weighted by Crippen LogP contribution is 2.22. The van der Waals surface area contributed by atoms with Gasteiger partial charge in [-0.25, -0.2) is 8.42 Å². The molecule has 7 nitrogen and oxygen atoms in total. The highest BCUT2D eigenvalue weighted by molar-refractivity contribution is 7.92. The Morgan fingerprint density at radius 1 is 1.03 bits per heavy atom. The minimum atomic E-state index is -3.87. The van der Waals surface area contributed by atoms with Crippen molar-refractivity contribution in [1.29, 1.82) is 0 Å². The number of hydrogen-bond acceptors (Lipinski definition) is 5. The lowest BCUT2D eigenvalue weighted by Crippen LogP contribution is -2.43. The molecule has 1 amide bonds. The van der Waals surface area contributed by atoms with E-state index in [4.69, 9.17) is 9.47 Å². The fraction of sp³-hybridized carbons (Fsp3) is 0.296. The van der Waals surface area contributed by atoms with Crippen molar-refractivity contribution >= 4 is 21.6 Å². The maximum atomic E-state index is 13.0. The lowest BCUT2D eigenvalue weighted by atomic mass is 10.1. The average Bonchev–Trinajstić information content (AvgIpc) is 2.89. The summed E-state index contributed by atoms with van der Waals surface area (Å²) in [4.78, 5) is 14.8. The van der Waals surface area contributed by atoms with Crippen LogP contribution in [0.5, 0.6) is 5.75 Å². The molecule has 1 aliphatic rings. The lowest BCUT2D eigenvalue weighted by molar-refractivity contribution is 0.00723. The molecule has 0 aromatic heterocycles. The summed E-state index contributed by atoms with van der Waals surface area (Å²) in [6.45, 7) is 4.12. The summed E-state index contributed by atoms with van der Waals surface area (Å²) in [6.07, 6.45) is 1.80. The second-order valence-corrected chi connectivity index (χ2v) is 10.1. The number of ether oxygens (including phenoxy) is 2. The zero-order chi connectivity index (χ0) is 24.7. The number of nitrogens with zero attached hydrogens (tertiary/aromatic N) is 1. The Morgan fingerprint density at radius 3 is 2.54 bits per heavy atom. The van der Waals surface area contributed by atoms with Gasteiger partial charge < -0.3 is 14.4 Å². The number of hydrogen-bond donors (Lipinski definition) is 1. The molecule has 3 aromatic rings. The van der Waals surface area contributed by atoms with Crippen molar-refractivity contribution in [1.82, 2.24) is 4.90 Å². The zero-order valence-corrected chi connectivity index (χ0v) is 20.5. The molecule has 4 rings (SSSR count). The Hall–Kier alpha value is -3.36. The van der Waals surface area contributed by atoms with Crippen LogP contribution in [0.2, 0.25) is 0 Å². The van der Waals surface area contributed by atoms with Crippen LogP contribution in [0.1, 0.15) is 35.7 Å². The number of amides is 1. The molecule has 1 N–H and O–H groups in total. The van der Waals surface area contributed by atoms with E-state index in [0.717, 1.165) is 18.4 Å². The molecule has 1 saturated heterocycles. The third kappa shape index (κ3) is 6.61. The maximum absolute atomic E-state index is 13.0. The summed E-state index contributed by atoms with van der Waals surface area (Å²) >= 11 is 0. The molecule has 1 atom stereocenters. The van der Waals surface area contributed by atoms with Crippen molar-refractivity contribution in [3.63, 3.8) is 0 Å². The van der Waals surface area contributed by atoms with Gasteiger partial charge in [0.25, 0.3) is 15.9 Å². The SMILES string of the molecule is CCOC1CCCN(C(=O)c2cccc(S(=O)(=O)Nc3ccc(OCc4ccccc4)cc3)c2)C1. The average molecular weight is 495 g/mol. The number of carbonyl (C=O) groups is 1. The smallest absolute Gasteiger partial charge is 0.261 e. The predicted octanol–water partition coefficient (Wildman–Crippen LogP) is 4.71. The first-order valence-electron chi connectivity index (χ1n) is 11.7. The Labute approximate surface area is 206 Å². The van der Waals surface area contributed by atoms with Crippen LogP contribution in [-0.2, 0) is 21.4 Å². The molecule has 3 aromatic carbocycles. The zero-order valence-electron chi connectivity index (χ0n) is 19.7. The number of piperidine rings is 1. The van der Waals surface area contributed by atoms with Crippen LogP contribution in [0.3, 0.4) is 0 Å². The quantitative estimate of drug-likeness (QED) is 0.466. The number of rotatable bonds is 9. The molecule has 1 unspecified atom stereocenters. The molecule has 35 heavy (non-hydrogen) atoms. The van der Waals surface area contributed by atoms with Gasteiger partial charge in [-0.3, -0.25) is 9.52 Å². The maximum Gasteiger partial charge on any atom is 0.261 e. The first-order chi connectivity index (χ1) is 16.9. The molecule has 0 bridgehead atoms. The monoisotopic (exact) mass is 494 g/mol. The number of sulfonamides is 1. The van der Waals surface area contributed by atoms with Gasteiger partial charge in [-0.2, -0.15) is 0 Å². The van der Waals surface area contributed by atoms with E-state index in [9.17, 15) is 13.2 Å². The molecule has 0 saturated carbocycles. The summed E-state index contributed by atoms with van der Waals surface area (Å²) in [5.41, 5.74) is 1.80. The van der Waals surface area contributed by atoms with E-state index in [1.54, 1.807) is 41.3 Å². The molecule has 0 aliphatic carbocycles. The number of anilines is 1. The highest BCUT2D eigenvalue weighted by Gasteiger charge is 2.25. The van der Waals surface area contributed by atoms with Gasteiger partial charge in [-0.1, -0.05) is 36.4 Å². The molecule has 8 heteroatoms. The third-order valence-electron chi connectivity index (χ3n) is 5.81. The van der Waals surface area contributed by atoms with E-state index in [2.05, 4.69) is 4.72 Å². The molecule has 0 spiro atoms. The van der Waals surface area contributed by atoms with Crippen LogP contribution in [0, 0.1) is 0 Å². The Kier molecular flexibility index (Phi) is 8.05. The van der Waals surface area contributed by atoms with E-state index >= 15 is 0 Å². The van der Waals surface area contributed by atoms with Crippen molar-refractivity contribution in [3.05, 3.63) is 90.0 Å². The molecule has 1 heterocycles. The number of likely N-dealkylation sites (tertiary alicyclic amines) is 1. The van der Waals surface area contributed by atoms with Gasteiger partial charge in [0.2, 0.25) is 0 Å². The van der Waals surface area contributed by atoms with E-state index < -0.39 is 10.0 Å². The Bertz CT molecular complexity index is 1230. The lowest BCUT2D eigenvalue weighted by Gasteiger charge is -2.32. The summed E-state index contributed by atoms with van der Waals surface area (Å²) in [6, 6.07) is 22.7. The van der Waals surface area contributed by atoms with E-state index in [1.807, 2.05) is 37.3 Å². The molecular formula is C27H30N2O5S. The molecule has 0 radical (unpaired) electrons. The van der Waals surface area contributed by atoms with Gasteiger partial charge in [0, 0.05) is 30.9 Å². The molecular weight excluding hydrogens is 464 g/mol. The van der Waals surface area contributed by atoms with Crippen molar-refractivity contribution in [2.45, 2.75) is 37.4 Å². The largest absolute Gasteiger partial charge is 0.489 e. The minimum Gasteiger partial charge on any atom is -0.489 e. The van der Waals surface area contributed by atoms with Crippen molar-refractivity contribution in [3.8, 4) is 5.75 Å². The summed E-state index contributed by atoms with van der Waals surface area (Å²) < 4.78 is 40.0. The van der Waals surface area contributed by atoms with Gasteiger partial charge in [0.05, 0.1) is 11.0 Å². The summed E-state index contributed by atoms with van der Waals surface area (Å²) in [5, 5.41) is 0. The van der Waals surface area contributed by atoms with Gasteiger partial charge >= 0.3 is 0 Å². The standard InChI is InChI=1S/C27H30N2O5S/c1-2-33-25-11-7-17-29(19-25)27(30)22-10-6-12-26(18-22)35(31,32)28-23-13-15-24(16-14-23)34-20-21-8-4-3-5-9-21/h3-6,8-10,12-16,18,25,28H,2,7,11,17,19-20H2,1H3. The van der Waals surface area contributed by atoms with Crippen molar-refractivity contribution in [2.24, 2.45) is 0 Å². The Morgan fingerprint density at radius 2 is 1.80 bits per heavy atom. The van der Waals surface area contributed by atoms with Crippen LogP contribution in [-0.4, -0.2) is 45.0 Å². The molecule has 184 valence electrons. The first kappa shape index (κ1) is 24.8. The van der Waals surface area contributed by atoms with Crippen LogP contribution in [0.4, 0.5) is 5.69 Å². The number of carbonyl (C=O) groups excluding carboxylic acids is 1. The van der Waals surface area contributed by atoms with Gasteiger partial charge in [0.1, 0.15) is 12.4 Å². The number of nitrogens with one attached hydrogen (secondary N) is 1. The van der Waals surface area contributed by atoms with Crippen LogP contribution >= 0.6 is 0 Å². The van der Waals surface area contributed by atoms with Crippen LogP contribution in [0.15, 0.2) is 83.8 Å². The fourth-order valence-electron chi connectivity index (χ4n) is 4.05. The van der Waals surface area contributed by atoms with Crippen molar-refractivity contribution < 1.29 is 22.7 Å². The van der Waals surface area contributed by atoms with E-state index in [0.29, 0.717) is 43.3 Å². The van der Waals surface area contributed by atoms with E-state index in [-0.39, 0.29) is 16.9 Å². The fourth-order valence-corrected chi connectivity index (χ4v) is 5.15. The van der Waals surface area contributed by atoms with Crippen molar-refractivity contribution in [2.75, 3.05) is 24.4 Å².